The van der Waals surface area contributed by atoms with E-state index in [1.807, 2.05) is 0 Å². The number of amides is 1. The molecule has 0 saturated heterocycles. The summed E-state index contributed by atoms with van der Waals surface area (Å²) in [7, 11) is 0. The van der Waals surface area contributed by atoms with Crippen LogP contribution in [0.5, 0.6) is 0 Å². The lowest BCUT2D eigenvalue weighted by Crippen LogP contribution is -2.47. The standard InChI is InChI=1S/C6H11NO3/c8-3-4-1-2-5(4)7-6(9)10/h4-5,7-8H,1-3H2,(H,9,10)/t4-,5-/m1/s1. The fourth-order valence-electron chi connectivity index (χ4n) is 1.14. The predicted molar refractivity (Wildman–Crippen MR) is 34.8 cm³/mol. The Morgan fingerprint density at radius 2 is 2.30 bits per heavy atom. The van der Waals surface area contributed by atoms with Crippen LogP contribution in [-0.2, 0) is 0 Å². The van der Waals surface area contributed by atoms with E-state index in [1.165, 1.54) is 0 Å². The fraction of sp³-hybridized carbons (Fsp3) is 0.833. The molecule has 2 atom stereocenters. The van der Waals surface area contributed by atoms with Crippen molar-refractivity contribution in [3.05, 3.63) is 0 Å². The normalized spacial score (nSPS) is 30.9. The third-order valence-corrected chi connectivity index (χ3v) is 1.96. The molecule has 0 heterocycles. The van der Waals surface area contributed by atoms with Crippen LogP contribution in [0, 0.1) is 5.92 Å². The second-order valence-electron chi connectivity index (χ2n) is 2.58. The number of nitrogens with one attached hydrogen (secondary N) is 1. The summed E-state index contributed by atoms with van der Waals surface area (Å²) in [5, 5.41) is 19.2. The van der Waals surface area contributed by atoms with Gasteiger partial charge in [-0.1, -0.05) is 0 Å². The Balaban J connectivity index is 2.23. The zero-order valence-corrected chi connectivity index (χ0v) is 5.58. The molecule has 1 fully saturated rings. The molecule has 1 saturated carbocycles. The number of carbonyl (C=O) groups is 1. The van der Waals surface area contributed by atoms with Crippen LogP contribution in [0.3, 0.4) is 0 Å². The van der Waals surface area contributed by atoms with Gasteiger partial charge >= 0.3 is 6.09 Å². The van der Waals surface area contributed by atoms with Gasteiger partial charge in [0, 0.05) is 18.6 Å². The van der Waals surface area contributed by atoms with Crippen LogP contribution in [0.2, 0.25) is 0 Å². The lowest BCUT2D eigenvalue weighted by atomic mass is 9.80. The highest BCUT2D eigenvalue weighted by atomic mass is 16.4. The van der Waals surface area contributed by atoms with Gasteiger partial charge in [0.2, 0.25) is 0 Å². The van der Waals surface area contributed by atoms with E-state index in [0.717, 1.165) is 12.8 Å². The van der Waals surface area contributed by atoms with E-state index in [0.29, 0.717) is 0 Å². The molecule has 0 aromatic heterocycles. The van der Waals surface area contributed by atoms with Crippen molar-refractivity contribution in [2.45, 2.75) is 18.9 Å². The molecule has 0 aromatic carbocycles. The van der Waals surface area contributed by atoms with Crippen molar-refractivity contribution in [1.82, 2.24) is 5.32 Å². The summed E-state index contributed by atoms with van der Waals surface area (Å²) in [6, 6.07) is -0.0116. The van der Waals surface area contributed by atoms with Crippen LogP contribution in [-0.4, -0.2) is 29.0 Å². The van der Waals surface area contributed by atoms with E-state index >= 15 is 0 Å². The van der Waals surface area contributed by atoms with Crippen LogP contribution in [0.1, 0.15) is 12.8 Å². The molecule has 4 nitrogen and oxygen atoms in total. The first kappa shape index (κ1) is 7.34. The lowest BCUT2D eigenvalue weighted by molar-refractivity contribution is 0.110. The lowest BCUT2D eigenvalue weighted by Gasteiger charge is -2.34. The Kier molecular flexibility index (Phi) is 2.11. The number of carboxylic acid groups (broad SMARTS) is 1. The molecule has 0 bridgehead atoms. The summed E-state index contributed by atoms with van der Waals surface area (Å²) in [6.45, 7) is 0.0882. The van der Waals surface area contributed by atoms with Crippen LogP contribution >= 0.6 is 0 Å². The molecule has 0 unspecified atom stereocenters. The topological polar surface area (TPSA) is 69.6 Å². The summed E-state index contributed by atoms with van der Waals surface area (Å²) in [4.78, 5) is 10.1. The maximum absolute atomic E-state index is 10.1. The van der Waals surface area contributed by atoms with Gasteiger partial charge in [-0.25, -0.2) is 4.79 Å². The van der Waals surface area contributed by atoms with Gasteiger partial charge < -0.3 is 15.5 Å². The highest BCUT2D eigenvalue weighted by molar-refractivity contribution is 5.65. The molecule has 0 spiro atoms. The molecule has 58 valence electrons. The number of aliphatic hydroxyl groups excluding tert-OH is 1. The van der Waals surface area contributed by atoms with Crippen molar-refractivity contribution < 1.29 is 15.0 Å². The summed E-state index contributed by atoms with van der Waals surface area (Å²) in [5.41, 5.74) is 0. The monoisotopic (exact) mass is 145 g/mol. The summed E-state index contributed by atoms with van der Waals surface area (Å²) >= 11 is 0. The van der Waals surface area contributed by atoms with E-state index in [2.05, 4.69) is 5.32 Å². The summed E-state index contributed by atoms with van der Waals surface area (Å²) in [5.74, 6) is 0.149. The van der Waals surface area contributed by atoms with Gasteiger partial charge in [-0.2, -0.15) is 0 Å². The molecule has 1 aliphatic rings. The summed E-state index contributed by atoms with van der Waals surface area (Å²) < 4.78 is 0. The SMILES string of the molecule is O=C(O)N[C@@H]1CC[C@@H]1CO. The first-order valence-electron chi connectivity index (χ1n) is 3.34. The molecule has 0 aliphatic heterocycles. The fourth-order valence-corrected chi connectivity index (χ4v) is 1.14. The zero-order chi connectivity index (χ0) is 7.56. The third kappa shape index (κ3) is 1.39. The minimum atomic E-state index is -0.997. The number of hydrogen-bond donors (Lipinski definition) is 3. The predicted octanol–water partition coefficient (Wildman–Crippen LogP) is 0.0249. The second-order valence-corrected chi connectivity index (χ2v) is 2.58. The highest BCUT2D eigenvalue weighted by Gasteiger charge is 2.30. The molecule has 4 heteroatoms. The Bertz CT molecular complexity index is 135. The number of rotatable bonds is 2. The Morgan fingerprint density at radius 1 is 1.60 bits per heavy atom. The van der Waals surface area contributed by atoms with E-state index in [4.69, 9.17) is 10.2 Å². The summed E-state index contributed by atoms with van der Waals surface area (Å²) in [6.07, 6.45) is 0.794. The third-order valence-electron chi connectivity index (χ3n) is 1.96. The highest BCUT2D eigenvalue weighted by Crippen LogP contribution is 2.26. The second kappa shape index (κ2) is 2.88. The Labute approximate surface area is 58.9 Å². The minimum absolute atomic E-state index is 0.0116. The van der Waals surface area contributed by atoms with Crippen molar-refractivity contribution in [3.8, 4) is 0 Å². The van der Waals surface area contributed by atoms with Gasteiger partial charge in [0.1, 0.15) is 0 Å². The van der Waals surface area contributed by atoms with E-state index in [1.54, 1.807) is 0 Å². The Hall–Kier alpha value is -0.770. The number of hydrogen-bond acceptors (Lipinski definition) is 2. The first-order chi connectivity index (χ1) is 4.74. The average molecular weight is 145 g/mol. The maximum atomic E-state index is 10.1. The molecular formula is C6H11NO3. The molecule has 0 aromatic rings. The van der Waals surface area contributed by atoms with Gasteiger partial charge in [0.05, 0.1) is 0 Å². The van der Waals surface area contributed by atoms with Crippen molar-refractivity contribution in [3.63, 3.8) is 0 Å². The van der Waals surface area contributed by atoms with Crippen molar-refractivity contribution in [2.75, 3.05) is 6.61 Å². The van der Waals surface area contributed by atoms with Gasteiger partial charge in [-0.15, -0.1) is 0 Å². The minimum Gasteiger partial charge on any atom is -0.465 e. The zero-order valence-electron chi connectivity index (χ0n) is 5.58. The number of aliphatic hydroxyl groups is 1. The van der Waals surface area contributed by atoms with Crippen molar-refractivity contribution in [1.29, 1.82) is 0 Å². The quantitative estimate of drug-likeness (QED) is 0.513. The molecule has 1 amide bonds. The molecule has 1 rings (SSSR count). The van der Waals surface area contributed by atoms with E-state index < -0.39 is 6.09 Å². The van der Waals surface area contributed by atoms with Gasteiger partial charge in [-0.05, 0) is 12.8 Å². The van der Waals surface area contributed by atoms with E-state index in [9.17, 15) is 4.79 Å². The van der Waals surface area contributed by atoms with Crippen LogP contribution in [0.4, 0.5) is 4.79 Å². The average Bonchev–Trinajstić information content (AvgIpc) is 1.82. The van der Waals surface area contributed by atoms with Gasteiger partial charge in [-0.3, -0.25) is 0 Å². The largest absolute Gasteiger partial charge is 0.465 e. The van der Waals surface area contributed by atoms with Crippen LogP contribution < -0.4 is 5.32 Å². The maximum Gasteiger partial charge on any atom is 0.404 e. The smallest absolute Gasteiger partial charge is 0.404 e. The van der Waals surface area contributed by atoms with Crippen LogP contribution in [0.15, 0.2) is 0 Å². The van der Waals surface area contributed by atoms with Gasteiger partial charge in [0.25, 0.3) is 0 Å². The van der Waals surface area contributed by atoms with Gasteiger partial charge in [0.15, 0.2) is 0 Å². The molecular weight excluding hydrogens is 134 g/mol. The Morgan fingerprint density at radius 3 is 2.60 bits per heavy atom. The van der Waals surface area contributed by atoms with Crippen molar-refractivity contribution >= 4 is 6.09 Å². The molecule has 3 N–H and O–H groups in total. The van der Waals surface area contributed by atoms with E-state index in [-0.39, 0.29) is 18.6 Å². The first-order valence-corrected chi connectivity index (χ1v) is 3.34. The molecule has 10 heavy (non-hydrogen) atoms. The molecule has 0 radical (unpaired) electrons. The van der Waals surface area contributed by atoms with Crippen LogP contribution in [0.25, 0.3) is 0 Å². The van der Waals surface area contributed by atoms with Crippen molar-refractivity contribution in [2.24, 2.45) is 5.92 Å². The molecule has 1 aliphatic carbocycles.